The number of methoxy groups -OCH3 is 2. The van der Waals surface area contributed by atoms with Crippen molar-refractivity contribution in [1.82, 2.24) is 5.32 Å². The Hall–Kier alpha value is -2.70. The van der Waals surface area contributed by atoms with Crippen LogP contribution in [0.3, 0.4) is 0 Å². The maximum Gasteiger partial charge on any atom is 0.391 e. The first-order chi connectivity index (χ1) is 14.3. The Kier molecular flexibility index (Phi) is 6.90. The van der Waals surface area contributed by atoms with Crippen molar-refractivity contribution in [2.75, 3.05) is 14.2 Å². The molecule has 4 nitrogen and oxygen atoms in total. The van der Waals surface area contributed by atoms with Crippen molar-refractivity contribution < 1.29 is 27.4 Å². The van der Waals surface area contributed by atoms with Gasteiger partial charge < -0.3 is 14.8 Å². The Labute approximate surface area is 174 Å². The van der Waals surface area contributed by atoms with E-state index < -0.39 is 24.1 Å². The van der Waals surface area contributed by atoms with Gasteiger partial charge in [-0.15, -0.1) is 0 Å². The van der Waals surface area contributed by atoms with Crippen molar-refractivity contribution in [1.29, 1.82) is 0 Å². The number of hydrogen-bond donors (Lipinski definition) is 1. The van der Waals surface area contributed by atoms with Crippen LogP contribution in [0.25, 0.3) is 0 Å². The summed E-state index contributed by atoms with van der Waals surface area (Å²) in [6, 6.07) is 14.0. The van der Waals surface area contributed by atoms with Gasteiger partial charge in [0.25, 0.3) is 0 Å². The first kappa shape index (κ1) is 22.0. The second-order valence-electron chi connectivity index (χ2n) is 7.59. The van der Waals surface area contributed by atoms with E-state index in [1.165, 1.54) is 0 Å². The van der Waals surface area contributed by atoms with Crippen molar-refractivity contribution in [3.63, 3.8) is 0 Å². The van der Waals surface area contributed by atoms with Crippen LogP contribution in [-0.4, -0.2) is 26.3 Å². The molecule has 0 radical (unpaired) electrons. The molecule has 0 aliphatic heterocycles. The molecular formula is C23H26F3NO3. The first-order valence-corrected chi connectivity index (χ1v) is 9.96. The molecule has 1 amide bonds. The zero-order valence-corrected chi connectivity index (χ0v) is 17.0. The fourth-order valence-electron chi connectivity index (χ4n) is 3.94. The molecule has 1 fully saturated rings. The van der Waals surface area contributed by atoms with Crippen LogP contribution in [0.15, 0.2) is 48.5 Å². The number of hydrogen-bond acceptors (Lipinski definition) is 3. The van der Waals surface area contributed by atoms with E-state index >= 15 is 0 Å². The number of ether oxygens (including phenoxy) is 2. The van der Waals surface area contributed by atoms with Gasteiger partial charge in [0.1, 0.15) is 11.5 Å². The van der Waals surface area contributed by atoms with Crippen LogP contribution in [-0.2, 0) is 4.79 Å². The summed E-state index contributed by atoms with van der Waals surface area (Å²) >= 11 is 0. The van der Waals surface area contributed by atoms with E-state index in [9.17, 15) is 18.0 Å². The lowest BCUT2D eigenvalue weighted by Gasteiger charge is -2.31. The van der Waals surface area contributed by atoms with Crippen LogP contribution in [0.5, 0.6) is 11.5 Å². The topological polar surface area (TPSA) is 47.6 Å². The van der Waals surface area contributed by atoms with Gasteiger partial charge in [-0.25, -0.2) is 0 Å². The Morgan fingerprint density at radius 2 is 1.43 bits per heavy atom. The zero-order valence-electron chi connectivity index (χ0n) is 17.0. The molecule has 2 atom stereocenters. The van der Waals surface area contributed by atoms with Crippen LogP contribution in [0.2, 0.25) is 0 Å². The molecule has 1 saturated carbocycles. The molecule has 0 aromatic heterocycles. The standard InChI is InChI=1S/C23H26F3NO3/c1-29-19-10-6-15(7-11-19)21(16-8-12-20(30-2)13-9-16)27-22(28)17-4-3-5-18(14-17)23(24,25)26/h6-13,17-18,21H,3-5,14H2,1-2H3,(H,27,28)/t17-,18+/m0/s1. The minimum atomic E-state index is -4.26. The Morgan fingerprint density at radius 1 is 0.933 bits per heavy atom. The van der Waals surface area contributed by atoms with E-state index in [4.69, 9.17) is 9.47 Å². The van der Waals surface area contributed by atoms with E-state index in [0.29, 0.717) is 24.3 Å². The second-order valence-corrected chi connectivity index (χ2v) is 7.59. The normalized spacial score (nSPS) is 19.4. The van der Waals surface area contributed by atoms with Crippen molar-refractivity contribution in [3.05, 3.63) is 59.7 Å². The molecule has 1 N–H and O–H groups in total. The number of rotatable bonds is 6. The van der Waals surface area contributed by atoms with E-state index in [2.05, 4.69) is 5.32 Å². The summed E-state index contributed by atoms with van der Waals surface area (Å²) in [5, 5.41) is 2.98. The summed E-state index contributed by atoms with van der Waals surface area (Å²) in [6.07, 6.45) is -3.46. The number of alkyl halides is 3. The van der Waals surface area contributed by atoms with Crippen LogP contribution < -0.4 is 14.8 Å². The molecule has 0 spiro atoms. The molecule has 2 aromatic carbocycles. The molecule has 162 valence electrons. The Bertz CT molecular complexity index is 787. The van der Waals surface area contributed by atoms with Crippen LogP contribution in [0.1, 0.15) is 42.9 Å². The fraction of sp³-hybridized carbons (Fsp3) is 0.435. The van der Waals surface area contributed by atoms with E-state index in [0.717, 1.165) is 11.1 Å². The smallest absolute Gasteiger partial charge is 0.391 e. The summed E-state index contributed by atoms with van der Waals surface area (Å²) in [6.45, 7) is 0. The number of halogens is 3. The second kappa shape index (κ2) is 9.41. The SMILES string of the molecule is COc1ccc(C(NC(=O)[C@H]2CCC[C@@H](C(F)(F)F)C2)c2ccc(OC)cc2)cc1. The summed E-state index contributed by atoms with van der Waals surface area (Å²) in [5.74, 6) is -1.05. The third kappa shape index (κ3) is 5.26. The quantitative estimate of drug-likeness (QED) is 0.691. The van der Waals surface area contributed by atoms with Gasteiger partial charge in [0.05, 0.1) is 26.2 Å². The third-order valence-corrected chi connectivity index (χ3v) is 5.69. The lowest BCUT2D eigenvalue weighted by Crippen LogP contribution is -2.39. The molecule has 1 aliphatic carbocycles. The average Bonchev–Trinajstić information content (AvgIpc) is 2.77. The molecule has 30 heavy (non-hydrogen) atoms. The largest absolute Gasteiger partial charge is 0.497 e. The zero-order chi connectivity index (χ0) is 21.7. The Morgan fingerprint density at radius 3 is 1.87 bits per heavy atom. The predicted octanol–water partition coefficient (Wildman–Crippen LogP) is 5.28. The molecule has 0 unspecified atom stereocenters. The van der Waals surface area contributed by atoms with E-state index in [1.54, 1.807) is 38.5 Å². The maximum absolute atomic E-state index is 13.2. The molecule has 3 rings (SSSR count). The molecule has 7 heteroatoms. The molecule has 0 saturated heterocycles. The third-order valence-electron chi connectivity index (χ3n) is 5.69. The lowest BCUT2D eigenvalue weighted by atomic mass is 9.80. The summed E-state index contributed by atoms with van der Waals surface area (Å²) in [4.78, 5) is 12.9. The van der Waals surface area contributed by atoms with Gasteiger partial charge in [-0.05, 0) is 54.7 Å². The minimum Gasteiger partial charge on any atom is -0.497 e. The highest BCUT2D eigenvalue weighted by atomic mass is 19.4. The molecular weight excluding hydrogens is 395 g/mol. The van der Waals surface area contributed by atoms with Gasteiger partial charge in [0.2, 0.25) is 5.91 Å². The summed E-state index contributed by atoms with van der Waals surface area (Å²) < 4.78 is 49.9. The number of carbonyl (C=O) groups excluding carboxylic acids is 1. The first-order valence-electron chi connectivity index (χ1n) is 9.96. The van der Waals surface area contributed by atoms with Gasteiger partial charge in [-0.2, -0.15) is 13.2 Å². The van der Waals surface area contributed by atoms with E-state index in [1.807, 2.05) is 24.3 Å². The monoisotopic (exact) mass is 421 g/mol. The molecule has 1 aliphatic rings. The highest BCUT2D eigenvalue weighted by Crippen LogP contribution is 2.40. The number of nitrogens with one attached hydrogen (secondary N) is 1. The lowest BCUT2D eigenvalue weighted by molar-refractivity contribution is -0.186. The number of benzene rings is 2. The maximum atomic E-state index is 13.2. The van der Waals surface area contributed by atoms with Crippen LogP contribution in [0.4, 0.5) is 13.2 Å². The van der Waals surface area contributed by atoms with Crippen molar-refractivity contribution in [3.8, 4) is 11.5 Å². The van der Waals surface area contributed by atoms with Crippen molar-refractivity contribution in [2.45, 2.75) is 37.9 Å². The van der Waals surface area contributed by atoms with Crippen LogP contribution >= 0.6 is 0 Å². The van der Waals surface area contributed by atoms with Gasteiger partial charge >= 0.3 is 6.18 Å². The van der Waals surface area contributed by atoms with Crippen LogP contribution in [0, 0.1) is 11.8 Å². The minimum absolute atomic E-state index is 0.0909. The Balaban J connectivity index is 1.83. The summed E-state index contributed by atoms with van der Waals surface area (Å²) in [7, 11) is 3.13. The summed E-state index contributed by atoms with van der Waals surface area (Å²) in [5.41, 5.74) is 1.63. The molecule has 0 bridgehead atoms. The highest BCUT2D eigenvalue weighted by Gasteiger charge is 2.43. The molecule has 0 heterocycles. The average molecular weight is 421 g/mol. The fourth-order valence-corrected chi connectivity index (χ4v) is 3.94. The van der Waals surface area contributed by atoms with Gasteiger partial charge in [0, 0.05) is 5.92 Å². The number of carbonyl (C=O) groups is 1. The van der Waals surface area contributed by atoms with Gasteiger partial charge in [0.15, 0.2) is 0 Å². The predicted molar refractivity (Wildman–Crippen MR) is 107 cm³/mol. The number of amides is 1. The highest BCUT2D eigenvalue weighted by molar-refractivity contribution is 5.79. The van der Waals surface area contributed by atoms with E-state index in [-0.39, 0.29) is 18.7 Å². The van der Waals surface area contributed by atoms with Gasteiger partial charge in [-0.3, -0.25) is 4.79 Å². The van der Waals surface area contributed by atoms with Crippen molar-refractivity contribution >= 4 is 5.91 Å². The molecule has 2 aromatic rings. The van der Waals surface area contributed by atoms with Crippen molar-refractivity contribution in [2.24, 2.45) is 11.8 Å². The van der Waals surface area contributed by atoms with Gasteiger partial charge in [-0.1, -0.05) is 30.7 Å².